The molecule has 1 atom stereocenters. The van der Waals surface area contributed by atoms with E-state index in [1.807, 2.05) is 6.92 Å². The van der Waals surface area contributed by atoms with Crippen LogP contribution in [0.2, 0.25) is 0 Å². The Morgan fingerprint density at radius 3 is 2.40 bits per heavy atom. The van der Waals surface area contributed by atoms with Crippen LogP contribution in [0.1, 0.15) is 44.2 Å². The van der Waals surface area contributed by atoms with Crippen molar-refractivity contribution < 1.29 is 8.78 Å². The molecular weight excluding hydrogens is 258 g/mol. The molecular formula is C16H22F2N2. The van der Waals surface area contributed by atoms with Crippen LogP contribution < -0.4 is 5.32 Å². The number of rotatable bonds is 4. The van der Waals surface area contributed by atoms with Gasteiger partial charge in [-0.15, -0.1) is 0 Å². The summed E-state index contributed by atoms with van der Waals surface area (Å²) in [4.78, 5) is 2.58. The van der Waals surface area contributed by atoms with Crippen LogP contribution in [-0.2, 0) is 0 Å². The highest BCUT2D eigenvalue weighted by molar-refractivity contribution is 5.21. The summed E-state index contributed by atoms with van der Waals surface area (Å²) in [5, 5.41) is 3.55. The number of nitrogens with one attached hydrogen (secondary N) is 1. The number of benzene rings is 1. The van der Waals surface area contributed by atoms with E-state index in [1.54, 1.807) is 6.07 Å². The maximum absolute atomic E-state index is 13.3. The molecule has 0 aromatic heterocycles. The second-order valence-corrected chi connectivity index (χ2v) is 6.10. The van der Waals surface area contributed by atoms with Crippen LogP contribution in [0.25, 0.3) is 0 Å². The second-order valence-electron chi connectivity index (χ2n) is 6.10. The molecule has 0 spiro atoms. The van der Waals surface area contributed by atoms with Gasteiger partial charge in [-0.05, 0) is 63.4 Å². The van der Waals surface area contributed by atoms with Crippen molar-refractivity contribution >= 4 is 0 Å². The van der Waals surface area contributed by atoms with Gasteiger partial charge in [0.15, 0.2) is 11.6 Å². The molecule has 0 bridgehead atoms. The van der Waals surface area contributed by atoms with E-state index < -0.39 is 11.6 Å². The van der Waals surface area contributed by atoms with E-state index >= 15 is 0 Å². The lowest BCUT2D eigenvalue weighted by Gasteiger charge is -2.34. The summed E-state index contributed by atoms with van der Waals surface area (Å²) in [6.07, 6.45) is 5.02. The molecule has 1 N–H and O–H groups in total. The lowest BCUT2D eigenvalue weighted by atomic mass is 10.0. The molecule has 1 aliphatic heterocycles. The predicted molar refractivity (Wildman–Crippen MR) is 75.5 cm³/mol. The van der Waals surface area contributed by atoms with Crippen LogP contribution in [0.4, 0.5) is 8.78 Å². The van der Waals surface area contributed by atoms with Gasteiger partial charge in [0.2, 0.25) is 0 Å². The van der Waals surface area contributed by atoms with Crippen LogP contribution in [0.15, 0.2) is 18.2 Å². The summed E-state index contributed by atoms with van der Waals surface area (Å²) < 4.78 is 26.2. The normalized spacial score (nSPS) is 22.9. The van der Waals surface area contributed by atoms with Gasteiger partial charge in [0.1, 0.15) is 0 Å². The van der Waals surface area contributed by atoms with E-state index in [2.05, 4.69) is 10.2 Å². The number of halogens is 2. The smallest absolute Gasteiger partial charge is 0.159 e. The van der Waals surface area contributed by atoms with Crippen molar-refractivity contribution in [2.75, 3.05) is 13.1 Å². The molecule has 2 nitrogen and oxygen atoms in total. The lowest BCUT2D eigenvalue weighted by molar-refractivity contribution is 0.184. The highest BCUT2D eigenvalue weighted by Crippen LogP contribution is 2.29. The first-order valence-electron chi connectivity index (χ1n) is 7.58. The molecule has 110 valence electrons. The third kappa shape index (κ3) is 3.18. The first-order valence-corrected chi connectivity index (χ1v) is 7.58. The summed E-state index contributed by atoms with van der Waals surface area (Å²) in [5.74, 6) is -1.54. The standard InChI is InChI=1S/C16H22F2N2/c1-11(12-2-5-15(17)16(18)10-12)19-13-6-8-20(9-7-13)14-3-4-14/h2,5,10-11,13-14,19H,3-4,6-9H2,1H3. The van der Waals surface area contributed by atoms with Crippen LogP contribution in [-0.4, -0.2) is 30.1 Å². The van der Waals surface area contributed by atoms with Gasteiger partial charge in [-0.2, -0.15) is 0 Å². The number of nitrogens with zero attached hydrogens (tertiary/aromatic N) is 1. The van der Waals surface area contributed by atoms with Crippen molar-refractivity contribution in [1.82, 2.24) is 10.2 Å². The Morgan fingerprint density at radius 2 is 1.80 bits per heavy atom. The Balaban J connectivity index is 1.53. The Labute approximate surface area is 119 Å². The zero-order valence-corrected chi connectivity index (χ0v) is 11.9. The van der Waals surface area contributed by atoms with E-state index in [-0.39, 0.29) is 6.04 Å². The van der Waals surface area contributed by atoms with Crippen molar-refractivity contribution in [2.24, 2.45) is 0 Å². The molecule has 1 saturated carbocycles. The van der Waals surface area contributed by atoms with E-state index in [4.69, 9.17) is 0 Å². The molecule has 2 aliphatic rings. The zero-order valence-electron chi connectivity index (χ0n) is 11.9. The minimum atomic E-state index is -0.779. The van der Waals surface area contributed by atoms with Crippen molar-refractivity contribution in [2.45, 2.75) is 50.7 Å². The highest BCUT2D eigenvalue weighted by Gasteiger charge is 2.32. The monoisotopic (exact) mass is 280 g/mol. The maximum Gasteiger partial charge on any atom is 0.159 e. The molecule has 1 unspecified atom stereocenters. The molecule has 1 heterocycles. The van der Waals surface area contributed by atoms with Gasteiger partial charge in [0.05, 0.1) is 0 Å². The molecule has 4 heteroatoms. The molecule has 1 saturated heterocycles. The Bertz CT molecular complexity index is 466. The summed E-state index contributed by atoms with van der Waals surface area (Å²) in [7, 11) is 0. The molecule has 20 heavy (non-hydrogen) atoms. The van der Waals surface area contributed by atoms with Gasteiger partial charge in [-0.25, -0.2) is 8.78 Å². The first-order chi connectivity index (χ1) is 9.63. The van der Waals surface area contributed by atoms with E-state index in [0.29, 0.717) is 6.04 Å². The fourth-order valence-electron chi connectivity index (χ4n) is 3.10. The zero-order chi connectivity index (χ0) is 14.1. The quantitative estimate of drug-likeness (QED) is 0.911. The van der Waals surface area contributed by atoms with E-state index in [0.717, 1.165) is 37.5 Å². The minimum Gasteiger partial charge on any atom is -0.307 e. The largest absolute Gasteiger partial charge is 0.307 e. The van der Waals surface area contributed by atoms with Crippen LogP contribution >= 0.6 is 0 Å². The molecule has 1 aliphatic carbocycles. The summed E-state index contributed by atoms with van der Waals surface area (Å²) in [6, 6.07) is 5.55. The number of likely N-dealkylation sites (tertiary alicyclic amines) is 1. The molecule has 0 radical (unpaired) electrons. The van der Waals surface area contributed by atoms with E-state index in [1.165, 1.54) is 25.0 Å². The van der Waals surface area contributed by atoms with Gasteiger partial charge in [0, 0.05) is 18.1 Å². The van der Waals surface area contributed by atoms with Crippen molar-refractivity contribution in [1.29, 1.82) is 0 Å². The van der Waals surface area contributed by atoms with Gasteiger partial charge < -0.3 is 10.2 Å². The lowest BCUT2D eigenvalue weighted by Crippen LogP contribution is -2.44. The predicted octanol–water partition coefficient (Wildman–Crippen LogP) is 3.24. The number of hydrogen-bond acceptors (Lipinski definition) is 2. The number of piperidine rings is 1. The number of hydrogen-bond donors (Lipinski definition) is 1. The molecule has 1 aromatic carbocycles. The Morgan fingerprint density at radius 1 is 1.10 bits per heavy atom. The van der Waals surface area contributed by atoms with Crippen LogP contribution in [0, 0.1) is 11.6 Å². The average molecular weight is 280 g/mol. The van der Waals surface area contributed by atoms with Gasteiger partial charge >= 0.3 is 0 Å². The summed E-state index contributed by atoms with van der Waals surface area (Å²) in [5.41, 5.74) is 0.813. The topological polar surface area (TPSA) is 15.3 Å². The first kappa shape index (κ1) is 14.0. The van der Waals surface area contributed by atoms with Crippen molar-refractivity contribution in [3.8, 4) is 0 Å². The van der Waals surface area contributed by atoms with Gasteiger partial charge in [-0.3, -0.25) is 0 Å². The molecule has 1 aromatic rings. The molecule has 0 amide bonds. The highest BCUT2D eigenvalue weighted by atomic mass is 19.2. The Kier molecular flexibility index (Phi) is 4.03. The van der Waals surface area contributed by atoms with Gasteiger partial charge in [-0.1, -0.05) is 6.07 Å². The summed E-state index contributed by atoms with van der Waals surface area (Å²) in [6.45, 7) is 4.33. The maximum atomic E-state index is 13.3. The van der Waals surface area contributed by atoms with Crippen LogP contribution in [0.5, 0.6) is 0 Å². The van der Waals surface area contributed by atoms with Crippen molar-refractivity contribution in [3.63, 3.8) is 0 Å². The average Bonchev–Trinajstić information content (AvgIpc) is 3.27. The van der Waals surface area contributed by atoms with Crippen molar-refractivity contribution in [3.05, 3.63) is 35.4 Å². The third-order valence-corrected chi connectivity index (χ3v) is 4.52. The summed E-state index contributed by atoms with van der Waals surface area (Å²) >= 11 is 0. The van der Waals surface area contributed by atoms with Gasteiger partial charge in [0.25, 0.3) is 0 Å². The van der Waals surface area contributed by atoms with E-state index in [9.17, 15) is 8.78 Å². The Hall–Kier alpha value is -1.00. The third-order valence-electron chi connectivity index (χ3n) is 4.52. The second kappa shape index (κ2) is 5.78. The molecule has 3 rings (SSSR count). The fraction of sp³-hybridized carbons (Fsp3) is 0.625. The SMILES string of the molecule is CC(NC1CCN(C2CC2)CC1)c1ccc(F)c(F)c1. The minimum absolute atomic E-state index is 0.0579. The molecule has 2 fully saturated rings. The fourth-order valence-corrected chi connectivity index (χ4v) is 3.10. The van der Waals surface area contributed by atoms with Crippen LogP contribution in [0.3, 0.4) is 0 Å².